The van der Waals surface area contributed by atoms with E-state index in [0.717, 1.165) is 16.7 Å². The summed E-state index contributed by atoms with van der Waals surface area (Å²) in [5, 5.41) is 4.67. The zero-order chi connectivity index (χ0) is 21.7. The first-order valence-electron chi connectivity index (χ1n) is 9.30. The fourth-order valence-corrected chi connectivity index (χ4v) is 4.11. The summed E-state index contributed by atoms with van der Waals surface area (Å²) in [6.07, 6.45) is 1.50. The molecule has 3 rings (SSSR count). The summed E-state index contributed by atoms with van der Waals surface area (Å²) in [4.78, 5) is 36.1. The second-order valence-electron chi connectivity index (χ2n) is 6.91. The van der Waals surface area contributed by atoms with E-state index in [-0.39, 0.29) is 4.90 Å². The molecular weight excluding hydrogens is 408 g/mol. The van der Waals surface area contributed by atoms with Crippen LogP contribution in [-0.2, 0) is 27.7 Å². The van der Waals surface area contributed by atoms with Crippen LogP contribution in [0.25, 0.3) is 0 Å². The second kappa shape index (κ2) is 8.95. The van der Waals surface area contributed by atoms with E-state index in [9.17, 15) is 22.8 Å². The number of fused-ring (bicyclic) bond motifs is 1. The Labute approximate surface area is 174 Å². The molecule has 0 saturated heterocycles. The van der Waals surface area contributed by atoms with Gasteiger partial charge in [-0.3, -0.25) is 10.1 Å². The summed E-state index contributed by atoms with van der Waals surface area (Å²) in [6, 6.07) is 10.1. The third-order valence-corrected chi connectivity index (χ3v) is 6.14. The highest BCUT2D eigenvalue weighted by Gasteiger charge is 2.20. The predicted molar refractivity (Wildman–Crippen MR) is 111 cm³/mol. The molecule has 0 saturated carbocycles. The zero-order valence-electron chi connectivity index (χ0n) is 16.3. The molecule has 1 aliphatic heterocycles. The number of carbonyl (C=O) groups is 3. The van der Waals surface area contributed by atoms with Gasteiger partial charge in [-0.2, -0.15) is 0 Å². The third-order valence-electron chi connectivity index (χ3n) is 4.79. The molecule has 1 aliphatic rings. The Morgan fingerprint density at radius 3 is 2.33 bits per heavy atom. The van der Waals surface area contributed by atoms with Gasteiger partial charge < -0.3 is 10.2 Å². The topological polar surface area (TPSA) is 125 Å². The molecule has 158 valence electrons. The standard InChI is InChI=1S/C20H22N4O5S/c1-14-2-6-18(7-3-14)30(28,29)23-19(26)22-17-5-4-15-8-10-24(20(27)21-13-25)11-9-16(15)12-17/h2-7,12-13H,8-11H2,1H3,(H,21,25,27)(H2,22,23,26). The molecule has 0 fully saturated rings. The number of carbonyl (C=O) groups excluding carboxylic acids is 3. The van der Waals surface area contributed by atoms with Crippen molar-refractivity contribution >= 4 is 34.2 Å². The Kier molecular flexibility index (Phi) is 6.36. The number of nitrogens with one attached hydrogen (secondary N) is 3. The number of sulfonamides is 1. The Bertz CT molecular complexity index is 1070. The Hall–Kier alpha value is -3.40. The number of aryl methyl sites for hydroxylation is 1. The van der Waals surface area contributed by atoms with Crippen molar-refractivity contribution in [3.8, 4) is 0 Å². The summed E-state index contributed by atoms with van der Waals surface area (Å²) < 4.78 is 26.7. The fraction of sp³-hybridized carbons (Fsp3) is 0.250. The van der Waals surface area contributed by atoms with Crippen LogP contribution >= 0.6 is 0 Å². The van der Waals surface area contributed by atoms with Crippen molar-refractivity contribution in [1.82, 2.24) is 14.9 Å². The molecule has 0 aromatic heterocycles. The van der Waals surface area contributed by atoms with Gasteiger partial charge in [-0.1, -0.05) is 23.8 Å². The Morgan fingerprint density at radius 2 is 1.67 bits per heavy atom. The van der Waals surface area contributed by atoms with Gasteiger partial charge in [0.15, 0.2) is 0 Å². The van der Waals surface area contributed by atoms with Crippen molar-refractivity contribution in [3.05, 3.63) is 59.2 Å². The number of urea groups is 2. The molecule has 5 amide bonds. The Balaban J connectivity index is 1.66. The lowest BCUT2D eigenvalue weighted by molar-refractivity contribution is -0.108. The van der Waals surface area contributed by atoms with Crippen molar-refractivity contribution < 1.29 is 22.8 Å². The van der Waals surface area contributed by atoms with E-state index in [4.69, 9.17) is 0 Å². The van der Waals surface area contributed by atoms with Crippen LogP contribution in [0.1, 0.15) is 16.7 Å². The lowest BCUT2D eigenvalue weighted by atomic mass is 10.0. The molecule has 30 heavy (non-hydrogen) atoms. The van der Waals surface area contributed by atoms with Crippen LogP contribution in [0.15, 0.2) is 47.4 Å². The van der Waals surface area contributed by atoms with Crippen LogP contribution < -0.4 is 15.4 Å². The molecule has 1 heterocycles. The van der Waals surface area contributed by atoms with Crippen molar-refractivity contribution in [1.29, 1.82) is 0 Å². The van der Waals surface area contributed by atoms with Crippen molar-refractivity contribution in [2.75, 3.05) is 18.4 Å². The second-order valence-corrected chi connectivity index (χ2v) is 8.59. The Morgan fingerprint density at radius 1 is 1.00 bits per heavy atom. The molecule has 0 spiro atoms. The average molecular weight is 430 g/mol. The van der Waals surface area contributed by atoms with Gasteiger partial charge in [0.25, 0.3) is 10.0 Å². The van der Waals surface area contributed by atoms with Gasteiger partial charge >= 0.3 is 12.1 Å². The molecule has 0 aliphatic carbocycles. The molecule has 2 aromatic rings. The van der Waals surface area contributed by atoms with Gasteiger partial charge in [0, 0.05) is 18.8 Å². The van der Waals surface area contributed by atoms with E-state index >= 15 is 0 Å². The smallest absolute Gasteiger partial charge is 0.324 e. The lowest BCUT2D eigenvalue weighted by Crippen LogP contribution is -2.40. The minimum absolute atomic E-state index is 0.00105. The number of imide groups is 1. The van der Waals surface area contributed by atoms with Gasteiger partial charge in [0.2, 0.25) is 6.41 Å². The normalized spacial score (nSPS) is 13.6. The fourth-order valence-electron chi connectivity index (χ4n) is 3.20. The third kappa shape index (κ3) is 5.15. The van der Waals surface area contributed by atoms with Gasteiger partial charge in [0.1, 0.15) is 0 Å². The number of nitrogens with zero attached hydrogens (tertiary/aromatic N) is 1. The van der Waals surface area contributed by atoms with E-state index in [1.807, 2.05) is 17.7 Å². The SMILES string of the molecule is Cc1ccc(S(=O)(=O)NC(=O)Nc2ccc3c(c2)CCN(C(=O)NC=O)CC3)cc1. The maximum Gasteiger partial charge on any atom is 0.333 e. The quantitative estimate of drug-likeness (QED) is 0.638. The maximum atomic E-state index is 12.3. The van der Waals surface area contributed by atoms with Gasteiger partial charge in [-0.25, -0.2) is 22.7 Å². The van der Waals surface area contributed by atoms with Crippen LogP contribution in [0.2, 0.25) is 0 Å². The number of anilines is 1. The number of rotatable bonds is 4. The molecule has 10 heteroatoms. The van der Waals surface area contributed by atoms with Gasteiger partial charge in [-0.05, 0) is 55.2 Å². The summed E-state index contributed by atoms with van der Waals surface area (Å²) in [6.45, 7) is 2.72. The van der Waals surface area contributed by atoms with Crippen molar-refractivity contribution in [2.24, 2.45) is 0 Å². The minimum atomic E-state index is -3.98. The van der Waals surface area contributed by atoms with E-state index < -0.39 is 22.1 Å². The highest BCUT2D eigenvalue weighted by molar-refractivity contribution is 7.90. The molecule has 0 atom stereocenters. The van der Waals surface area contributed by atoms with Crippen LogP contribution in [0.3, 0.4) is 0 Å². The molecule has 9 nitrogen and oxygen atoms in total. The van der Waals surface area contributed by atoms with Crippen LogP contribution in [0.4, 0.5) is 15.3 Å². The molecule has 3 N–H and O–H groups in total. The van der Waals surface area contributed by atoms with Crippen molar-refractivity contribution in [3.63, 3.8) is 0 Å². The van der Waals surface area contributed by atoms with Gasteiger partial charge in [0.05, 0.1) is 4.90 Å². The summed E-state index contributed by atoms with van der Waals surface area (Å²) >= 11 is 0. The largest absolute Gasteiger partial charge is 0.333 e. The summed E-state index contributed by atoms with van der Waals surface area (Å²) in [5.41, 5.74) is 3.31. The highest BCUT2D eigenvalue weighted by Crippen LogP contribution is 2.21. The maximum absolute atomic E-state index is 12.3. The highest BCUT2D eigenvalue weighted by atomic mass is 32.2. The molecule has 0 unspecified atom stereocenters. The number of hydrogen-bond acceptors (Lipinski definition) is 5. The van der Waals surface area contributed by atoms with Crippen LogP contribution in [0.5, 0.6) is 0 Å². The average Bonchev–Trinajstić information content (AvgIpc) is 2.90. The molecule has 0 bridgehead atoms. The van der Waals surface area contributed by atoms with Crippen LogP contribution in [-0.4, -0.2) is 44.9 Å². The first-order valence-corrected chi connectivity index (χ1v) is 10.8. The number of amides is 5. The molecular formula is C20H22N4O5S. The zero-order valence-corrected chi connectivity index (χ0v) is 17.2. The van der Waals surface area contributed by atoms with E-state index in [2.05, 4.69) is 10.6 Å². The van der Waals surface area contributed by atoms with E-state index in [1.165, 1.54) is 12.1 Å². The monoisotopic (exact) mass is 430 g/mol. The minimum Gasteiger partial charge on any atom is -0.324 e. The number of benzene rings is 2. The molecule has 0 radical (unpaired) electrons. The number of hydrogen-bond donors (Lipinski definition) is 3. The van der Waals surface area contributed by atoms with E-state index in [0.29, 0.717) is 38.0 Å². The predicted octanol–water partition coefficient (Wildman–Crippen LogP) is 1.77. The first-order chi connectivity index (χ1) is 14.3. The summed E-state index contributed by atoms with van der Waals surface area (Å²) in [7, 11) is -3.98. The van der Waals surface area contributed by atoms with E-state index in [1.54, 1.807) is 29.2 Å². The summed E-state index contributed by atoms with van der Waals surface area (Å²) in [5.74, 6) is 0. The van der Waals surface area contributed by atoms with Crippen molar-refractivity contribution in [2.45, 2.75) is 24.7 Å². The molecule has 2 aromatic carbocycles. The lowest BCUT2D eigenvalue weighted by Gasteiger charge is -2.18. The first kappa shape index (κ1) is 21.3. The van der Waals surface area contributed by atoms with Crippen LogP contribution in [0, 0.1) is 6.92 Å². The van der Waals surface area contributed by atoms with Gasteiger partial charge in [-0.15, -0.1) is 0 Å².